The lowest BCUT2D eigenvalue weighted by Gasteiger charge is -2.08. The molecule has 0 fully saturated rings. The zero-order valence-corrected chi connectivity index (χ0v) is 9.71. The van der Waals surface area contributed by atoms with E-state index >= 15 is 0 Å². The van der Waals surface area contributed by atoms with E-state index in [9.17, 15) is 15.0 Å². The monoisotopic (exact) mass is 248 g/mol. The molecule has 0 saturated carbocycles. The van der Waals surface area contributed by atoms with Gasteiger partial charge in [-0.15, -0.1) is 0 Å². The van der Waals surface area contributed by atoms with Gasteiger partial charge >= 0.3 is 0 Å². The average Bonchev–Trinajstić information content (AvgIpc) is 2.36. The molecule has 96 valence electrons. The molecule has 2 aromatic rings. The largest absolute Gasteiger partial charge is 0.508 e. The zero-order valence-electron chi connectivity index (χ0n) is 9.71. The number of carbonyl (C=O) groups is 1. The Labute approximate surface area is 107 Å². The van der Waals surface area contributed by atoms with Crippen LogP contribution in [0.25, 0.3) is 0 Å². The Morgan fingerprint density at radius 3 is 2.22 bits per heavy atom. The van der Waals surface area contributed by atoms with Crippen LogP contribution in [0.2, 0.25) is 0 Å². The smallest absolute Gasteiger partial charge is 0.196 e. The van der Waals surface area contributed by atoms with Crippen molar-refractivity contribution in [3.8, 4) is 17.2 Å². The summed E-state index contributed by atoms with van der Waals surface area (Å²) >= 11 is 0. The summed E-state index contributed by atoms with van der Waals surface area (Å²) in [6.45, 7) is 1.53. The van der Waals surface area contributed by atoms with E-state index in [1.165, 1.54) is 43.3 Å². The second-order valence-corrected chi connectivity index (χ2v) is 3.98. The van der Waals surface area contributed by atoms with Crippen molar-refractivity contribution in [1.82, 2.24) is 0 Å². The van der Waals surface area contributed by atoms with E-state index in [1.807, 2.05) is 0 Å². The molecule has 0 aromatic heterocycles. The van der Waals surface area contributed by atoms with E-state index < -0.39 is 0 Å². The molecule has 0 radical (unpaired) electrons. The summed E-state index contributed by atoms with van der Waals surface area (Å²) in [6, 6.07) is 8.48. The second kappa shape index (κ2) is 4.41. The average molecular weight is 248 g/mol. The van der Waals surface area contributed by atoms with Crippen LogP contribution in [0.4, 0.5) is 0 Å². The molecule has 3 N–H and O–H groups in total. The predicted octanol–water partition coefficient (Wildman–Crippen LogP) is 2.83. The molecule has 0 aliphatic carbocycles. The molecule has 0 saturated heterocycles. The molecular formula is C14H16O4. The maximum absolute atomic E-state index is 12.1. The molecular weight excluding hydrogens is 232 g/mol. The molecule has 0 heterocycles. The third-order valence-corrected chi connectivity index (χ3v) is 2.78. The first-order valence-electron chi connectivity index (χ1n) is 5.36. The summed E-state index contributed by atoms with van der Waals surface area (Å²) in [5.74, 6) is -0.587. The number of hydrogen-bond donors (Lipinski definition) is 3. The highest BCUT2D eigenvalue weighted by atomic mass is 16.3. The molecule has 18 heavy (non-hydrogen) atoms. The Balaban J connectivity index is 0.00000180. The second-order valence-electron chi connectivity index (χ2n) is 3.98. The molecule has 4 nitrogen and oxygen atoms in total. The highest BCUT2D eigenvalue weighted by molar-refractivity contribution is 6.11. The lowest BCUT2D eigenvalue weighted by Crippen LogP contribution is -2.02. The Hall–Kier alpha value is -2.49. The number of phenolic OH excluding ortho intramolecular Hbond substituents is 3. The fourth-order valence-electron chi connectivity index (χ4n) is 1.64. The minimum atomic E-state index is -0.365. The van der Waals surface area contributed by atoms with E-state index in [4.69, 9.17) is 5.11 Å². The molecule has 0 spiro atoms. The number of aromatic hydroxyl groups is 3. The molecule has 0 aliphatic heterocycles. The van der Waals surface area contributed by atoms with Crippen LogP contribution in [0, 0.1) is 6.92 Å². The van der Waals surface area contributed by atoms with Gasteiger partial charge in [0, 0.05) is 14.0 Å². The lowest BCUT2D eigenvalue weighted by molar-refractivity contribution is 0.103. The number of carbonyl (C=O) groups excluding carboxylic acids is 1. The van der Waals surface area contributed by atoms with Gasteiger partial charge in [-0.05, 0) is 43.3 Å². The summed E-state index contributed by atoms with van der Waals surface area (Å²) in [7, 11) is 0. The summed E-state index contributed by atoms with van der Waals surface area (Å²) in [6.07, 6.45) is 0. The number of phenols is 3. The van der Waals surface area contributed by atoms with E-state index in [0.29, 0.717) is 5.56 Å². The normalized spacial score (nSPS) is 10.3. The maximum atomic E-state index is 12.1. The summed E-state index contributed by atoms with van der Waals surface area (Å²) in [4.78, 5) is 12.1. The number of rotatable bonds is 2. The molecule has 2 rings (SSSR count). The minimum Gasteiger partial charge on any atom is -0.508 e. The first-order valence-corrected chi connectivity index (χ1v) is 5.36. The van der Waals surface area contributed by atoms with Crippen LogP contribution in [0.15, 0.2) is 36.4 Å². The highest BCUT2D eigenvalue weighted by Gasteiger charge is 2.16. The predicted molar refractivity (Wildman–Crippen MR) is 70.3 cm³/mol. The van der Waals surface area contributed by atoms with Crippen molar-refractivity contribution >= 4 is 5.78 Å². The van der Waals surface area contributed by atoms with Crippen molar-refractivity contribution in [2.24, 2.45) is 0 Å². The molecule has 0 bridgehead atoms. The molecule has 0 unspecified atom stereocenters. The summed E-state index contributed by atoms with van der Waals surface area (Å²) < 4.78 is 0. The molecule has 4 heteroatoms. The van der Waals surface area contributed by atoms with Gasteiger partial charge in [0.1, 0.15) is 17.2 Å². The first kappa shape index (κ1) is 12.0. The van der Waals surface area contributed by atoms with Crippen molar-refractivity contribution in [3.63, 3.8) is 0 Å². The Morgan fingerprint density at radius 2 is 1.61 bits per heavy atom. The number of hydrogen-bond acceptors (Lipinski definition) is 4. The third kappa shape index (κ3) is 2.00. The van der Waals surface area contributed by atoms with E-state index in [2.05, 4.69) is 0 Å². The molecule has 0 atom stereocenters. The van der Waals surface area contributed by atoms with E-state index in [0.717, 1.165) is 0 Å². The zero-order chi connectivity index (χ0) is 13.3. The van der Waals surface area contributed by atoms with E-state index in [-0.39, 0.29) is 37.0 Å². The third-order valence-electron chi connectivity index (χ3n) is 2.78. The van der Waals surface area contributed by atoms with Crippen molar-refractivity contribution < 1.29 is 23.0 Å². The Bertz CT molecular complexity index is 609. The van der Waals surface area contributed by atoms with Gasteiger partial charge in [0.05, 0.1) is 5.56 Å². The first-order chi connectivity index (χ1) is 8.50. The van der Waals surface area contributed by atoms with Gasteiger partial charge in [-0.1, -0.05) is 0 Å². The van der Waals surface area contributed by atoms with Crippen LogP contribution in [-0.4, -0.2) is 21.1 Å². The van der Waals surface area contributed by atoms with E-state index in [1.54, 1.807) is 0 Å². The minimum absolute atomic E-state index is 0. The quantitative estimate of drug-likeness (QED) is 0.714. The Morgan fingerprint density at radius 1 is 1.00 bits per heavy atom. The highest BCUT2D eigenvalue weighted by Crippen LogP contribution is 2.31. The summed E-state index contributed by atoms with van der Waals surface area (Å²) in [5, 5.41) is 28.4. The van der Waals surface area contributed by atoms with Crippen molar-refractivity contribution in [3.05, 3.63) is 53.1 Å². The number of benzene rings is 2. The van der Waals surface area contributed by atoms with Crippen LogP contribution in [0.3, 0.4) is 0 Å². The van der Waals surface area contributed by atoms with Gasteiger partial charge in [-0.25, -0.2) is 0 Å². The van der Waals surface area contributed by atoms with Gasteiger partial charge in [0.25, 0.3) is 0 Å². The molecule has 0 amide bonds. The molecule has 0 aliphatic rings. The van der Waals surface area contributed by atoms with Crippen LogP contribution < -0.4 is 0 Å². The van der Waals surface area contributed by atoms with Crippen molar-refractivity contribution in [2.75, 3.05) is 0 Å². The van der Waals surface area contributed by atoms with Gasteiger partial charge in [0.2, 0.25) is 0 Å². The van der Waals surface area contributed by atoms with Gasteiger partial charge in [-0.2, -0.15) is 0 Å². The van der Waals surface area contributed by atoms with Crippen LogP contribution >= 0.6 is 0 Å². The van der Waals surface area contributed by atoms with Gasteiger partial charge < -0.3 is 15.3 Å². The van der Waals surface area contributed by atoms with Gasteiger partial charge in [-0.3, -0.25) is 4.79 Å². The van der Waals surface area contributed by atoms with Crippen molar-refractivity contribution in [2.45, 2.75) is 6.92 Å². The van der Waals surface area contributed by atoms with Gasteiger partial charge in [0.15, 0.2) is 5.78 Å². The number of ketones is 1. The fraction of sp³-hybridized carbons (Fsp3) is 0.0714. The molecule has 2 aromatic carbocycles. The fourth-order valence-corrected chi connectivity index (χ4v) is 1.64. The Kier molecular flexibility index (Phi) is 2.93. The van der Waals surface area contributed by atoms with Crippen molar-refractivity contribution in [1.29, 1.82) is 0 Å². The van der Waals surface area contributed by atoms with Crippen LogP contribution in [0.5, 0.6) is 17.2 Å². The maximum Gasteiger partial charge on any atom is 0.196 e. The summed E-state index contributed by atoms with van der Waals surface area (Å²) in [5.41, 5.74) is 0.740. The SMILES string of the molecule is Cc1c(O)ccc(C(=O)c2ccc(O)cc2)c1O.[HH].[HH]. The standard InChI is InChI=1S/C14H12O4.2H2/c1-8-12(16)7-6-11(13(8)17)14(18)9-2-4-10(15)5-3-9;;/h2-7,15-17H,1H3;2*1H. The lowest BCUT2D eigenvalue weighted by atomic mass is 10.00. The topological polar surface area (TPSA) is 77.8 Å². The van der Waals surface area contributed by atoms with Crippen LogP contribution in [0.1, 0.15) is 24.3 Å². The van der Waals surface area contributed by atoms with Crippen LogP contribution in [-0.2, 0) is 0 Å².